The molecule has 0 spiro atoms. The van der Waals surface area contributed by atoms with Crippen LogP contribution in [0.1, 0.15) is 50.3 Å². The molecule has 1 atom stereocenters. The van der Waals surface area contributed by atoms with Gasteiger partial charge in [0.05, 0.1) is 0 Å². The lowest BCUT2D eigenvalue weighted by Crippen LogP contribution is -2.34. The first-order valence-corrected chi connectivity index (χ1v) is 8.06. The van der Waals surface area contributed by atoms with E-state index in [4.69, 9.17) is 0 Å². The van der Waals surface area contributed by atoms with Crippen molar-refractivity contribution in [2.24, 2.45) is 5.92 Å². The zero-order valence-corrected chi connectivity index (χ0v) is 12.7. The van der Waals surface area contributed by atoms with E-state index in [0.717, 1.165) is 50.5 Å². The van der Waals surface area contributed by atoms with E-state index in [1.54, 1.807) is 4.68 Å². The Morgan fingerprint density at radius 2 is 2.10 bits per heavy atom. The molecule has 6 nitrogen and oxygen atoms in total. The van der Waals surface area contributed by atoms with E-state index in [2.05, 4.69) is 21.9 Å². The molecule has 0 aromatic carbocycles. The molecular weight excluding hydrogens is 268 g/mol. The largest absolute Gasteiger partial charge is 0.480 e. The Labute approximate surface area is 125 Å². The van der Waals surface area contributed by atoms with Gasteiger partial charge in [-0.2, -0.15) is 5.10 Å². The van der Waals surface area contributed by atoms with E-state index < -0.39 is 12.0 Å². The Bertz CT molecular complexity index is 506. The molecule has 0 amide bonds. The first-order valence-electron chi connectivity index (χ1n) is 8.06. The molecule has 21 heavy (non-hydrogen) atoms. The molecule has 1 unspecified atom stereocenters. The highest BCUT2D eigenvalue weighted by Crippen LogP contribution is 2.25. The number of rotatable bonds is 4. The summed E-state index contributed by atoms with van der Waals surface area (Å²) in [5.41, 5.74) is 0. The summed E-state index contributed by atoms with van der Waals surface area (Å²) in [6.45, 7) is 5.65. The lowest BCUT2D eigenvalue weighted by Gasteiger charge is -2.30. The third-order valence-electron chi connectivity index (χ3n) is 4.83. The average Bonchev–Trinajstić information content (AvgIpc) is 2.89. The Hall–Kier alpha value is -1.43. The van der Waals surface area contributed by atoms with Gasteiger partial charge in [0, 0.05) is 12.8 Å². The van der Waals surface area contributed by atoms with Gasteiger partial charge in [-0.25, -0.2) is 14.5 Å². The number of aromatic nitrogens is 3. The smallest absolute Gasteiger partial charge is 0.328 e. The number of hydrogen-bond donors (Lipinski definition) is 1. The SMILES string of the molecule is CCN1CCC(Cc2nc3n(n2)C(C(=O)O)CCC3)CC1. The second-order valence-corrected chi connectivity index (χ2v) is 6.22. The van der Waals surface area contributed by atoms with Crippen molar-refractivity contribution < 1.29 is 9.90 Å². The number of carbonyl (C=O) groups is 1. The number of carboxylic acids is 1. The quantitative estimate of drug-likeness (QED) is 0.911. The minimum atomic E-state index is -0.788. The zero-order valence-electron chi connectivity index (χ0n) is 12.7. The van der Waals surface area contributed by atoms with E-state index in [1.165, 1.54) is 12.8 Å². The van der Waals surface area contributed by atoms with Crippen LogP contribution in [0.25, 0.3) is 0 Å². The van der Waals surface area contributed by atoms with Crippen molar-refractivity contribution in [3.63, 3.8) is 0 Å². The van der Waals surface area contributed by atoms with Crippen LogP contribution < -0.4 is 0 Å². The molecule has 2 aliphatic rings. The average molecular weight is 292 g/mol. The lowest BCUT2D eigenvalue weighted by molar-refractivity contribution is -0.141. The third-order valence-corrected chi connectivity index (χ3v) is 4.83. The molecule has 2 aliphatic heterocycles. The number of carboxylic acid groups (broad SMARTS) is 1. The first-order chi connectivity index (χ1) is 10.2. The maximum absolute atomic E-state index is 11.3. The molecule has 1 aromatic heterocycles. The van der Waals surface area contributed by atoms with Crippen LogP contribution in [-0.2, 0) is 17.6 Å². The van der Waals surface area contributed by atoms with Crippen LogP contribution in [0, 0.1) is 5.92 Å². The van der Waals surface area contributed by atoms with Crippen molar-refractivity contribution in [3.05, 3.63) is 11.6 Å². The van der Waals surface area contributed by atoms with Crippen molar-refractivity contribution in [2.45, 2.75) is 51.5 Å². The summed E-state index contributed by atoms with van der Waals surface area (Å²) in [5.74, 6) is 1.55. The molecule has 3 heterocycles. The maximum atomic E-state index is 11.3. The normalized spacial score (nSPS) is 24.0. The van der Waals surface area contributed by atoms with E-state index in [-0.39, 0.29) is 0 Å². The van der Waals surface area contributed by atoms with Crippen molar-refractivity contribution in [1.29, 1.82) is 0 Å². The second kappa shape index (κ2) is 6.13. The molecule has 1 aromatic rings. The third kappa shape index (κ3) is 3.10. The number of aryl methyl sites for hydroxylation is 1. The van der Waals surface area contributed by atoms with Gasteiger partial charge in [-0.15, -0.1) is 0 Å². The molecule has 1 saturated heterocycles. The molecule has 0 radical (unpaired) electrons. The second-order valence-electron chi connectivity index (χ2n) is 6.22. The zero-order chi connectivity index (χ0) is 14.8. The van der Waals surface area contributed by atoms with E-state index in [9.17, 15) is 9.90 Å². The Morgan fingerprint density at radius 1 is 1.33 bits per heavy atom. The fourth-order valence-electron chi connectivity index (χ4n) is 3.48. The van der Waals surface area contributed by atoms with Crippen LogP contribution >= 0.6 is 0 Å². The monoisotopic (exact) mass is 292 g/mol. The molecule has 116 valence electrons. The van der Waals surface area contributed by atoms with Crippen LogP contribution in [-0.4, -0.2) is 50.4 Å². The van der Waals surface area contributed by atoms with Gasteiger partial charge in [-0.05, 0) is 51.2 Å². The lowest BCUT2D eigenvalue weighted by atomic mass is 9.93. The molecule has 0 aliphatic carbocycles. The topological polar surface area (TPSA) is 71.2 Å². The standard InChI is InChI=1S/C15H24N4O2/c1-2-18-8-6-11(7-9-18)10-13-16-14-5-3-4-12(15(20)21)19(14)17-13/h11-12H,2-10H2,1H3,(H,20,21). The van der Waals surface area contributed by atoms with Gasteiger partial charge >= 0.3 is 5.97 Å². The number of aliphatic carboxylic acids is 1. The summed E-state index contributed by atoms with van der Waals surface area (Å²) in [6, 6.07) is -0.517. The Morgan fingerprint density at radius 3 is 2.76 bits per heavy atom. The van der Waals surface area contributed by atoms with Crippen molar-refractivity contribution in [3.8, 4) is 0 Å². The Kier molecular flexibility index (Phi) is 4.24. The highest BCUT2D eigenvalue weighted by atomic mass is 16.4. The predicted molar refractivity (Wildman–Crippen MR) is 78.2 cm³/mol. The molecular formula is C15H24N4O2. The predicted octanol–water partition coefficient (Wildman–Crippen LogP) is 1.51. The van der Waals surface area contributed by atoms with Crippen molar-refractivity contribution in [1.82, 2.24) is 19.7 Å². The summed E-state index contributed by atoms with van der Waals surface area (Å²) in [4.78, 5) is 18.4. The van der Waals surface area contributed by atoms with E-state index >= 15 is 0 Å². The maximum Gasteiger partial charge on any atom is 0.328 e. The highest BCUT2D eigenvalue weighted by Gasteiger charge is 2.29. The molecule has 0 saturated carbocycles. The van der Waals surface area contributed by atoms with Crippen LogP contribution in [0.5, 0.6) is 0 Å². The van der Waals surface area contributed by atoms with Gasteiger partial charge in [-0.1, -0.05) is 6.92 Å². The summed E-state index contributed by atoms with van der Waals surface area (Å²) in [6.07, 6.45) is 5.69. The number of piperidine rings is 1. The van der Waals surface area contributed by atoms with Gasteiger partial charge in [0.15, 0.2) is 11.9 Å². The molecule has 1 fully saturated rings. The molecule has 0 bridgehead atoms. The first kappa shape index (κ1) is 14.5. The van der Waals surface area contributed by atoms with Crippen molar-refractivity contribution in [2.75, 3.05) is 19.6 Å². The summed E-state index contributed by atoms with van der Waals surface area (Å²) < 4.78 is 1.66. The number of likely N-dealkylation sites (tertiary alicyclic amines) is 1. The van der Waals surface area contributed by atoms with E-state index in [0.29, 0.717) is 12.3 Å². The van der Waals surface area contributed by atoms with Crippen LogP contribution in [0.2, 0.25) is 0 Å². The number of nitrogens with zero attached hydrogens (tertiary/aromatic N) is 4. The highest BCUT2D eigenvalue weighted by molar-refractivity contribution is 5.71. The van der Waals surface area contributed by atoms with Crippen LogP contribution in [0.15, 0.2) is 0 Å². The summed E-state index contributed by atoms with van der Waals surface area (Å²) >= 11 is 0. The fourth-order valence-corrected chi connectivity index (χ4v) is 3.48. The van der Waals surface area contributed by atoms with E-state index in [1.807, 2.05) is 0 Å². The summed E-state index contributed by atoms with van der Waals surface area (Å²) in [5, 5.41) is 13.8. The molecule has 3 rings (SSSR count). The van der Waals surface area contributed by atoms with Gasteiger partial charge in [0.2, 0.25) is 0 Å². The molecule has 1 N–H and O–H groups in total. The summed E-state index contributed by atoms with van der Waals surface area (Å²) in [7, 11) is 0. The van der Waals surface area contributed by atoms with Gasteiger partial charge in [0.1, 0.15) is 5.82 Å². The van der Waals surface area contributed by atoms with Gasteiger partial charge in [-0.3, -0.25) is 0 Å². The van der Waals surface area contributed by atoms with Gasteiger partial charge in [0.25, 0.3) is 0 Å². The fraction of sp³-hybridized carbons (Fsp3) is 0.800. The number of hydrogen-bond acceptors (Lipinski definition) is 4. The Balaban J connectivity index is 1.66. The van der Waals surface area contributed by atoms with Gasteiger partial charge < -0.3 is 10.0 Å². The van der Waals surface area contributed by atoms with Crippen LogP contribution in [0.3, 0.4) is 0 Å². The molecule has 6 heteroatoms. The van der Waals surface area contributed by atoms with Crippen molar-refractivity contribution >= 4 is 5.97 Å². The minimum Gasteiger partial charge on any atom is -0.480 e. The van der Waals surface area contributed by atoms with Crippen LogP contribution in [0.4, 0.5) is 0 Å². The number of fused-ring (bicyclic) bond motifs is 1. The minimum absolute atomic E-state index is 0.517.